The molecule has 1 aromatic carbocycles. The van der Waals surface area contributed by atoms with Crippen LogP contribution < -0.4 is 4.90 Å². The molecule has 0 unspecified atom stereocenters. The first kappa shape index (κ1) is 18.8. The minimum atomic E-state index is 0.285. The van der Waals surface area contributed by atoms with E-state index < -0.39 is 0 Å². The van der Waals surface area contributed by atoms with Gasteiger partial charge in [0, 0.05) is 57.0 Å². The molecule has 0 radical (unpaired) electrons. The first-order valence-corrected chi connectivity index (χ1v) is 10.6. The Morgan fingerprint density at radius 3 is 2.53 bits per heavy atom. The second kappa shape index (κ2) is 8.29. The van der Waals surface area contributed by atoms with Crippen LogP contribution in [0.15, 0.2) is 59.1 Å². The smallest absolute Gasteiger partial charge is 0.234 e. The molecule has 3 heterocycles. The molecule has 2 atom stereocenters. The molecule has 6 nitrogen and oxygen atoms in total. The molecule has 6 heteroatoms. The number of benzene rings is 1. The van der Waals surface area contributed by atoms with E-state index in [2.05, 4.69) is 56.2 Å². The highest BCUT2D eigenvalue weighted by Gasteiger charge is 2.44. The minimum Gasteiger partial charge on any atom is -0.423 e. The first-order chi connectivity index (χ1) is 14.8. The Hall–Kier alpha value is -3.17. The standard InChI is InChI=1S/C24H25N5O/c25-17-22-24(30-23(27-22)21-16-20(21)18-6-2-1-3-7-18)29-14-12-28(13-15-29)11-9-19-8-4-5-10-26-19/h1-8,10,20-21H,9,11-16H2/t20-,21+/m1/s1. The number of hydrogen-bond acceptors (Lipinski definition) is 6. The fourth-order valence-corrected chi connectivity index (χ4v) is 4.30. The van der Waals surface area contributed by atoms with Crippen LogP contribution in [-0.2, 0) is 6.42 Å². The molecule has 5 rings (SSSR count). The van der Waals surface area contributed by atoms with E-state index in [1.54, 1.807) is 0 Å². The van der Waals surface area contributed by atoms with Crippen molar-refractivity contribution in [3.05, 3.63) is 77.6 Å². The summed E-state index contributed by atoms with van der Waals surface area (Å²) in [6.07, 6.45) is 3.84. The van der Waals surface area contributed by atoms with Crippen LogP contribution in [0, 0.1) is 11.3 Å². The zero-order chi connectivity index (χ0) is 20.3. The van der Waals surface area contributed by atoms with E-state index in [0.717, 1.165) is 51.3 Å². The highest BCUT2D eigenvalue weighted by molar-refractivity contribution is 5.49. The van der Waals surface area contributed by atoms with Gasteiger partial charge in [0.2, 0.25) is 17.5 Å². The number of aromatic nitrogens is 2. The topological polar surface area (TPSA) is 69.2 Å². The summed E-state index contributed by atoms with van der Waals surface area (Å²) in [5.41, 5.74) is 2.87. The molecule has 0 amide bonds. The number of oxazole rings is 1. The Bertz CT molecular complexity index is 1020. The van der Waals surface area contributed by atoms with E-state index in [1.807, 2.05) is 24.4 Å². The normalized spacial score (nSPS) is 21.4. The maximum Gasteiger partial charge on any atom is 0.234 e. The van der Waals surface area contributed by atoms with Gasteiger partial charge in [0.1, 0.15) is 6.07 Å². The van der Waals surface area contributed by atoms with Gasteiger partial charge in [0.25, 0.3) is 0 Å². The molecular weight excluding hydrogens is 374 g/mol. The summed E-state index contributed by atoms with van der Waals surface area (Å²) in [7, 11) is 0. The van der Waals surface area contributed by atoms with Crippen LogP contribution in [0.25, 0.3) is 0 Å². The average Bonchev–Trinajstić information content (AvgIpc) is 3.50. The van der Waals surface area contributed by atoms with Gasteiger partial charge in [-0.25, -0.2) is 4.98 Å². The van der Waals surface area contributed by atoms with Gasteiger partial charge in [0.15, 0.2) is 0 Å². The Kier molecular flexibility index (Phi) is 5.20. The number of anilines is 1. The summed E-state index contributed by atoms with van der Waals surface area (Å²) in [6.45, 7) is 4.59. The lowest BCUT2D eigenvalue weighted by molar-refractivity contribution is 0.255. The van der Waals surface area contributed by atoms with Gasteiger partial charge >= 0.3 is 0 Å². The van der Waals surface area contributed by atoms with E-state index >= 15 is 0 Å². The molecule has 1 saturated carbocycles. The summed E-state index contributed by atoms with van der Waals surface area (Å²) in [4.78, 5) is 13.6. The lowest BCUT2D eigenvalue weighted by atomic mass is 10.1. The summed E-state index contributed by atoms with van der Waals surface area (Å²) in [5, 5.41) is 9.59. The SMILES string of the molecule is N#Cc1nc([C@H]2C[C@@H]2c2ccccc2)oc1N1CCN(CCc2ccccn2)CC1. The van der Waals surface area contributed by atoms with Crippen molar-refractivity contribution in [1.29, 1.82) is 5.26 Å². The number of piperazine rings is 1. The molecule has 30 heavy (non-hydrogen) atoms. The van der Waals surface area contributed by atoms with Gasteiger partial charge in [0.05, 0.1) is 0 Å². The molecular formula is C24H25N5O. The van der Waals surface area contributed by atoms with Crippen molar-refractivity contribution in [2.45, 2.75) is 24.7 Å². The van der Waals surface area contributed by atoms with E-state index in [0.29, 0.717) is 23.4 Å². The monoisotopic (exact) mass is 399 g/mol. The Morgan fingerprint density at radius 1 is 1.00 bits per heavy atom. The molecule has 1 saturated heterocycles. The molecule has 3 aromatic rings. The van der Waals surface area contributed by atoms with Gasteiger partial charge in [-0.15, -0.1) is 0 Å². The lowest BCUT2D eigenvalue weighted by Crippen LogP contribution is -2.47. The molecule has 0 spiro atoms. The van der Waals surface area contributed by atoms with Gasteiger partial charge < -0.3 is 9.32 Å². The fraction of sp³-hybridized carbons (Fsp3) is 0.375. The summed E-state index contributed by atoms with van der Waals surface area (Å²) in [5.74, 6) is 2.10. The Labute approximate surface area is 176 Å². The summed E-state index contributed by atoms with van der Waals surface area (Å²) in [6, 6.07) is 18.8. The zero-order valence-corrected chi connectivity index (χ0v) is 16.9. The fourth-order valence-electron chi connectivity index (χ4n) is 4.30. The van der Waals surface area contributed by atoms with E-state index in [-0.39, 0.29) is 5.92 Å². The number of nitrogens with zero attached hydrogens (tertiary/aromatic N) is 5. The van der Waals surface area contributed by atoms with Crippen LogP contribution in [0.1, 0.15) is 41.1 Å². The molecule has 1 aliphatic heterocycles. The molecule has 152 valence electrons. The second-order valence-corrected chi connectivity index (χ2v) is 8.08. The number of nitriles is 1. The highest BCUT2D eigenvalue weighted by Crippen LogP contribution is 2.54. The van der Waals surface area contributed by atoms with Crippen LogP contribution in [0.5, 0.6) is 0 Å². The Morgan fingerprint density at radius 2 is 1.80 bits per heavy atom. The molecule has 2 aromatic heterocycles. The van der Waals surface area contributed by atoms with Gasteiger partial charge in [-0.2, -0.15) is 5.26 Å². The molecule has 2 fully saturated rings. The second-order valence-electron chi connectivity index (χ2n) is 8.08. The van der Waals surface area contributed by atoms with Gasteiger partial charge in [-0.1, -0.05) is 36.4 Å². The van der Waals surface area contributed by atoms with Gasteiger partial charge in [-0.05, 0) is 30.0 Å². The van der Waals surface area contributed by atoms with Gasteiger partial charge in [-0.3, -0.25) is 9.88 Å². The van der Waals surface area contributed by atoms with Crippen molar-refractivity contribution in [3.63, 3.8) is 0 Å². The van der Waals surface area contributed by atoms with Crippen LogP contribution in [-0.4, -0.2) is 47.6 Å². The Balaban J connectivity index is 1.20. The molecule has 1 aliphatic carbocycles. The maximum absolute atomic E-state index is 9.59. The number of hydrogen-bond donors (Lipinski definition) is 0. The van der Waals surface area contributed by atoms with E-state index in [4.69, 9.17) is 4.42 Å². The first-order valence-electron chi connectivity index (χ1n) is 10.6. The molecule has 0 bridgehead atoms. The predicted molar refractivity (Wildman–Crippen MR) is 114 cm³/mol. The van der Waals surface area contributed by atoms with Crippen molar-refractivity contribution in [2.75, 3.05) is 37.6 Å². The van der Waals surface area contributed by atoms with E-state index in [1.165, 1.54) is 5.56 Å². The van der Waals surface area contributed by atoms with Crippen LogP contribution in [0.4, 0.5) is 5.88 Å². The largest absolute Gasteiger partial charge is 0.423 e. The third kappa shape index (κ3) is 3.94. The average molecular weight is 399 g/mol. The van der Waals surface area contributed by atoms with Crippen LogP contribution >= 0.6 is 0 Å². The van der Waals surface area contributed by atoms with Crippen LogP contribution in [0.3, 0.4) is 0 Å². The zero-order valence-electron chi connectivity index (χ0n) is 16.9. The predicted octanol–water partition coefficient (Wildman–Crippen LogP) is 3.58. The van der Waals surface area contributed by atoms with Crippen molar-refractivity contribution in [2.24, 2.45) is 0 Å². The third-order valence-electron chi connectivity index (χ3n) is 6.14. The summed E-state index contributed by atoms with van der Waals surface area (Å²) < 4.78 is 6.15. The van der Waals surface area contributed by atoms with Crippen molar-refractivity contribution in [1.82, 2.24) is 14.9 Å². The maximum atomic E-state index is 9.59. The van der Waals surface area contributed by atoms with Crippen molar-refractivity contribution >= 4 is 5.88 Å². The van der Waals surface area contributed by atoms with Crippen LogP contribution in [0.2, 0.25) is 0 Å². The van der Waals surface area contributed by atoms with Crippen molar-refractivity contribution in [3.8, 4) is 6.07 Å². The van der Waals surface area contributed by atoms with E-state index in [9.17, 15) is 5.26 Å². The lowest BCUT2D eigenvalue weighted by Gasteiger charge is -2.34. The van der Waals surface area contributed by atoms with Crippen molar-refractivity contribution < 1.29 is 4.42 Å². The number of pyridine rings is 1. The molecule has 2 aliphatic rings. The minimum absolute atomic E-state index is 0.285. The third-order valence-corrected chi connectivity index (χ3v) is 6.14. The molecule has 0 N–H and O–H groups in total. The number of rotatable bonds is 6. The quantitative estimate of drug-likeness (QED) is 0.631. The highest BCUT2D eigenvalue weighted by atomic mass is 16.4. The summed E-state index contributed by atoms with van der Waals surface area (Å²) >= 11 is 0.